The topological polar surface area (TPSA) is 54.4 Å². The fourth-order valence-corrected chi connectivity index (χ4v) is 2.96. The van der Waals surface area contributed by atoms with E-state index in [2.05, 4.69) is 30.7 Å². The van der Waals surface area contributed by atoms with E-state index in [-0.39, 0.29) is 6.04 Å². The standard InChI is InChI=1S/C21H30N2O2/c1-5-7-8-20(23-14-15(3)6-2)21(24)17-11-12-22-19-10-9-16(25-4)13-18(17)19/h6,9-13,15,20-21,23-24H,2,5,7-8,14H2,1,3-4H3/t15-,20-,21+/m0/s1. The van der Waals surface area contributed by atoms with Gasteiger partial charge in [0.15, 0.2) is 0 Å². The second-order valence-electron chi connectivity index (χ2n) is 6.60. The molecule has 1 aromatic carbocycles. The third-order valence-electron chi connectivity index (χ3n) is 4.66. The Labute approximate surface area is 150 Å². The first-order valence-electron chi connectivity index (χ1n) is 9.07. The number of aliphatic hydroxyl groups excluding tert-OH is 1. The number of rotatable bonds is 10. The van der Waals surface area contributed by atoms with E-state index in [1.54, 1.807) is 13.3 Å². The van der Waals surface area contributed by atoms with Crippen molar-refractivity contribution in [2.24, 2.45) is 5.92 Å². The molecule has 0 fully saturated rings. The van der Waals surface area contributed by atoms with Gasteiger partial charge in [-0.1, -0.05) is 32.8 Å². The summed E-state index contributed by atoms with van der Waals surface area (Å²) in [5.74, 6) is 1.14. The highest BCUT2D eigenvalue weighted by atomic mass is 16.5. The monoisotopic (exact) mass is 342 g/mol. The van der Waals surface area contributed by atoms with Gasteiger partial charge in [0.25, 0.3) is 0 Å². The van der Waals surface area contributed by atoms with Crippen LogP contribution in [0.2, 0.25) is 0 Å². The van der Waals surface area contributed by atoms with Gasteiger partial charge in [-0.3, -0.25) is 4.98 Å². The minimum atomic E-state index is -0.596. The first kappa shape index (κ1) is 19.4. The van der Waals surface area contributed by atoms with Crippen molar-refractivity contribution in [1.82, 2.24) is 10.3 Å². The number of ether oxygens (including phenoxy) is 1. The van der Waals surface area contributed by atoms with Crippen LogP contribution in [-0.4, -0.2) is 29.8 Å². The van der Waals surface area contributed by atoms with Crippen molar-refractivity contribution in [1.29, 1.82) is 0 Å². The van der Waals surface area contributed by atoms with E-state index >= 15 is 0 Å². The average molecular weight is 342 g/mol. The Bertz CT molecular complexity index is 687. The number of aromatic nitrogens is 1. The maximum atomic E-state index is 11.1. The summed E-state index contributed by atoms with van der Waals surface area (Å²) in [6.45, 7) is 8.94. The first-order valence-corrected chi connectivity index (χ1v) is 9.07. The van der Waals surface area contributed by atoms with E-state index in [0.717, 1.165) is 48.0 Å². The molecule has 0 radical (unpaired) electrons. The second kappa shape index (κ2) is 9.54. The molecule has 1 aromatic heterocycles. The highest BCUT2D eigenvalue weighted by Gasteiger charge is 2.22. The highest BCUT2D eigenvalue weighted by Crippen LogP contribution is 2.29. The van der Waals surface area contributed by atoms with Gasteiger partial charge < -0.3 is 15.2 Å². The van der Waals surface area contributed by atoms with E-state index in [9.17, 15) is 5.11 Å². The maximum absolute atomic E-state index is 11.1. The Morgan fingerprint density at radius 3 is 2.84 bits per heavy atom. The molecule has 0 spiro atoms. The molecule has 3 atom stereocenters. The molecule has 0 aliphatic rings. The number of nitrogens with one attached hydrogen (secondary N) is 1. The van der Waals surface area contributed by atoms with E-state index < -0.39 is 6.10 Å². The van der Waals surface area contributed by atoms with Gasteiger partial charge >= 0.3 is 0 Å². The van der Waals surface area contributed by atoms with Crippen LogP contribution in [0.25, 0.3) is 10.9 Å². The number of aliphatic hydroxyl groups is 1. The zero-order valence-electron chi connectivity index (χ0n) is 15.5. The number of fused-ring (bicyclic) bond motifs is 1. The molecule has 4 heteroatoms. The van der Waals surface area contributed by atoms with Crippen molar-refractivity contribution in [3.05, 3.63) is 48.7 Å². The number of methoxy groups -OCH3 is 1. The Morgan fingerprint density at radius 2 is 2.16 bits per heavy atom. The zero-order chi connectivity index (χ0) is 18.2. The molecule has 0 unspecified atom stereocenters. The summed E-state index contributed by atoms with van der Waals surface area (Å²) >= 11 is 0. The molecule has 2 N–H and O–H groups in total. The normalized spacial score (nSPS) is 14.9. The highest BCUT2D eigenvalue weighted by molar-refractivity contribution is 5.83. The molecule has 1 heterocycles. The number of hydrogen-bond donors (Lipinski definition) is 2. The summed E-state index contributed by atoms with van der Waals surface area (Å²) in [6, 6.07) is 7.68. The van der Waals surface area contributed by atoms with Crippen LogP contribution in [0, 0.1) is 5.92 Å². The molecule has 25 heavy (non-hydrogen) atoms. The van der Waals surface area contributed by atoms with Gasteiger partial charge in [-0.2, -0.15) is 0 Å². The van der Waals surface area contributed by atoms with Gasteiger partial charge in [-0.25, -0.2) is 0 Å². The molecule has 4 nitrogen and oxygen atoms in total. The predicted molar refractivity (Wildman–Crippen MR) is 104 cm³/mol. The zero-order valence-corrected chi connectivity index (χ0v) is 15.5. The minimum absolute atomic E-state index is 0.000786. The third-order valence-corrected chi connectivity index (χ3v) is 4.66. The van der Waals surface area contributed by atoms with Crippen molar-refractivity contribution in [2.75, 3.05) is 13.7 Å². The number of unbranched alkanes of at least 4 members (excludes halogenated alkanes) is 1. The Morgan fingerprint density at radius 1 is 1.36 bits per heavy atom. The minimum Gasteiger partial charge on any atom is -0.497 e. The quantitative estimate of drug-likeness (QED) is 0.634. The van der Waals surface area contributed by atoms with Crippen LogP contribution in [0.5, 0.6) is 5.75 Å². The molecule has 0 bridgehead atoms. The largest absolute Gasteiger partial charge is 0.497 e. The Balaban J connectivity index is 2.31. The van der Waals surface area contributed by atoms with Crippen molar-refractivity contribution >= 4 is 10.9 Å². The lowest BCUT2D eigenvalue weighted by Gasteiger charge is -2.26. The van der Waals surface area contributed by atoms with Gasteiger partial charge in [0.2, 0.25) is 0 Å². The van der Waals surface area contributed by atoms with E-state index in [1.807, 2.05) is 30.3 Å². The molecular formula is C21H30N2O2. The molecule has 0 amide bonds. The van der Waals surface area contributed by atoms with Crippen LogP contribution in [0.4, 0.5) is 0 Å². The summed E-state index contributed by atoms with van der Waals surface area (Å²) in [7, 11) is 1.65. The van der Waals surface area contributed by atoms with Crippen molar-refractivity contribution in [2.45, 2.75) is 45.3 Å². The smallest absolute Gasteiger partial charge is 0.119 e. The summed E-state index contributed by atoms with van der Waals surface area (Å²) in [6.07, 6.45) is 6.20. The summed E-state index contributed by atoms with van der Waals surface area (Å²) in [5.41, 5.74) is 1.76. The number of pyridine rings is 1. The summed E-state index contributed by atoms with van der Waals surface area (Å²) in [5, 5.41) is 15.6. The summed E-state index contributed by atoms with van der Waals surface area (Å²) < 4.78 is 5.34. The molecule has 0 saturated carbocycles. The second-order valence-corrected chi connectivity index (χ2v) is 6.60. The van der Waals surface area contributed by atoms with Gasteiger partial charge in [0, 0.05) is 24.2 Å². The van der Waals surface area contributed by atoms with Crippen LogP contribution in [0.15, 0.2) is 43.1 Å². The molecule has 2 aromatic rings. The molecule has 2 rings (SSSR count). The fourth-order valence-electron chi connectivity index (χ4n) is 2.96. The predicted octanol–water partition coefficient (Wildman–Crippen LogP) is 4.25. The maximum Gasteiger partial charge on any atom is 0.119 e. The summed E-state index contributed by atoms with van der Waals surface area (Å²) in [4.78, 5) is 4.41. The van der Waals surface area contributed by atoms with E-state index in [4.69, 9.17) is 4.74 Å². The Kier molecular flexibility index (Phi) is 7.41. The van der Waals surface area contributed by atoms with Crippen LogP contribution in [0.1, 0.15) is 44.8 Å². The van der Waals surface area contributed by atoms with Gasteiger partial charge in [0.05, 0.1) is 18.7 Å². The van der Waals surface area contributed by atoms with Crippen LogP contribution >= 0.6 is 0 Å². The fraction of sp³-hybridized carbons (Fsp3) is 0.476. The lowest BCUT2D eigenvalue weighted by atomic mass is 9.94. The van der Waals surface area contributed by atoms with Crippen molar-refractivity contribution in [3.63, 3.8) is 0 Å². The van der Waals surface area contributed by atoms with E-state index in [0.29, 0.717) is 5.92 Å². The first-order chi connectivity index (χ1) is 12.1. The molecule has 0 aliphatic carbocycles. The lowest BCUT2D eigenvalue weighted by molar-refractivity contribution is 0.122. The van der Waals surface area contributed by atoms with Crippen molar-refractivity contribution in [3.8, 4) is 5.75 Å². The molecule has 0 saturated heterocycles. The molecule has 0 aliphatic heterocycles. The number of benzene rings is 1. The van der Waals surface area contributed by atoms with Gasteiger partial charge in [0.1, 0.15) is 5.75 Å². The van der Waals surface area contributed by atoms with Crippen LogP contribution in [0.3, 0.4) is 0 Å². The van der Waals surface area contributed by atoms with Crippen molar-refractivity contribution < 1.29 is 9.84 Å². The SMILES string of the molecule is C=C[C@H](C)CN[C@@H](CCCC)[C@H](O)c1ccnc2ccc(OC)cc12. The van der Waals surface area contributed by atoms with Gasteiger partial charge in [-0.15, -0.1) is 6.58 Å². The van der Waals surface area contributed by atoms with Crippen LogP contribution < -0.4 is 10.1 Å². The van der Waals surface area contributed by atoms with Gasteiger partial charge in [-0.05, 0) is 42.2 Å². The average Bonchev–Trinajstić information content (AvgIpc) is 2.66. The van der Waals surface area contributed by atoms with E-state index in [1.165, 1.54) is 0 Å². The molecular weight excluding hydrogens is 312 g/mol. The van der Waals surface area contributed by atoms with Crippen LogP contribution in [-0.2, 0) is 0 Å². The lowest BCUT2D eigenvalue weighted by Crippen LogP contribution is -2.37. The number of nitrogens with zero attached hydrogens (tertiary/aromatic N) is 1. The number of hydrogen-bond acceptors (Lipinski definition) is 4. The Hall–Kier alpha value is -1.91. The molecule has 136 valence electrons. The third kappa shape index (κ3) is 5.03.